The molecule has 0 amide bonds. The van der Waals surface area contributed by atoms with Crippen molar-refractivity contribution >= 4 is 0 Å². The molecule has 0 aromatic heterocycles. The molecule has 1 rings (SSSR count). The first-order valence-corrected chi connectivity index (χ1v) is 13.0. The Bertz CT molecular complexity index is 308. The lowest BCUT2D eigenvalue weighted by Crippen LogP contribution is -2.30. The molecule has 1 N–H and O–H groups in total. The van der Waals surface area contributed by atoms with Crippen LogP contribution in [0.2, 0.25) is 0 Å². The summed E-state index contributed by atoms with van der Waals surface area (Å²) in [4.78, 5) is 2.69. The van der Waals surface area contributed by atoms with Crippen molar-refractivity contribution in [3.05, 3.63) is 0 Å². The van der Waals surface area contributed by atoms with Gasteiger partial charge in [0.25, 0.3) is 0 Å². The van der Waals surface area contributed by atoms with Gasteiger partial charge in [-0.1, -0.05) is 72.6 Å². The summed E-state index contributed by atoms with van der Waals surface area (Å²) >= 11 is 0. The molecule has 0 radical (unpaired) electrons. The number of hydrogen-bond acceptors (Lipinski definition) is 2. The van der Waals surface area contributed by atoms with Crippen LogP contribution in [0.5, 0.6) is 0 Å². The second-order valence-electron chi connectivity index (χ2n) is 10.3. The van der Waals surface area contributed by atoms with Crippen molar-refractivity contribution in [3.63, 3.8) is 0 Å². The molecule has 1 fully saturated rings. The van der Waals surface area contributed by atoms with Crippen molar-refractivity contribution in [2.75, 3.05) is 26.2 Å². The minimum absolute atomic E-state index is 0.754. The molecule has 2 heteroatoms. The summed E-state index contributed by atoms with van der Waals surface area (Å²) < 4.78 is 0. The SMILES string of the molecule is CC(C)CCC(CCC(C)C)NCCCCCCCCCCN1CCCCC1. The maximum absolute atomic E-state index is 3.88. The van der Waals surface area contributed by atoms with Gasteiger partial charge in [0.05, 0.1) is 0 Å². The van der Waals surface area contributed by atoms with Crippen LogP contribution in [-0.2, 0) is 0 Å². The van der Waals surface area contributed by atoms with E-state index in [1.54, 1.807) is 0 Å². The van der Waals surface area contributed by atoms with E-state index in [1.165, 1.54) is 122 Å². The molecule has 168 valence electrons. The van der Waals surface area contributed by atoms with E-state index in [1.807, 2.05) is 0 Å². The van der Waals surface area contributed by atoms with Crippen molar-refractivity contribution in [1.82, 2.24) is 10.2 Å². The fraction of sp³-hybridized carbons (Fsp3) is 1.00. The normalized spacial score (nSPS) is 16.0. The number of hydrogen-bond donors (Lipinski definition) is 1. The third-order valence-electron chi connectivity index (χ3n) is 6.47. The Morgan fingerprint density at radius 3 is 1.64 bits per heavy atom. The quantitative estimate of drug-likeness (QED) is 0.243. The molecule has 0 aromatic rings. The summed E-state index contributed by atoms with van der Waals surface area (Å²) in [5, 5.41) is 3.88. The molecule has 1 saturated heterocycles. The first-order valence-electron chi connectivity index (χ1n) is 13.0. The fourth-order valence-electron chi connectivity index (χ4n) is 4.43. The Labute approximate surface area is 178 Å². The topological polar surface area (TPSA) is 15.3 Å². The van der Waals surface area contributed by atoms with Gasteiger partial charge in [-0.2, -0.15) is 0 Å². The summed E-state index contributed by atoms with van der Waals surface area (Å²) in [5.41, 5.74) is 0. The Morgan fingerprint density at radius 2 is 1.11 bits per heavy atom. The summed E-state index contributed by atoms with van der Waals surface area (Å²) in [6, 6.07) is 0.754. The predicted molar refractivity (Wildman–Crippen MR) is 127 cm³/mol. The summed E-state index contributed by atoms with van der Waals surface area (Å²) in [6.07, 6.45) is 21.3. The van der Waals surface area contributed by atoms with E-state index in [2.05, 4.69) is 37.9 Å². The van der Waals surface area contributed by atoms with Gasteiger partial charge in [0, 0.05) is 6.04 Å². The van der Waals surface area contributed by atoms with E-state index in [0.717, 1.165) is 17.9 Å². The van der Waals surface area contributed by atoms with Gasteiger partial charge in [-0.05, 0) is 89.4 Å². The summed E-state index contributed by atoms with van der Waals surface area (Å²) in [7, 11) is 0. The second kappa shape index (κ2) is 17.8. The zero-order valence-corrected chi connectivity index (χ0v) is 20.1. The van der Waals surface area contributed by atoms with Crippen LogP contribution in [0.3, 0.4) is 0 Å². The lowest BCUT2D eigenvalue weighted by molar-refractivity contribution is 0.224. The van der Waals surface area contributed by atoms with E-state index in [9.17, 15) is 0 Å². The molecule has 1 aliphatic heterocycles. The lowest BCUT2D eigenvalue weighted by Gasteiger charge is -2.26. The van der Waals surface area contributed by atoms with Crippen LogP contribution in [0.4, 0.5) is 0 Å². The number of piperidine rings is 1. The molecule has 2 nitrogen and oxygen atoms in total. The van der Waals surface area contributed by atoms with E-state index >= 15 is 0 Å². The largest absolute Gasteiger partial charge is 0.314 e. The van der Waals surface area contributed by atoms with Crippen molar-refractivity contribution in [3.8, 4) is 0 Å². The Hall–Kier alpha value is -0.0800. The van der Waals surface area contributed by atoms with Crippen LogP contribution in [0, 0.1) is 11.8 Å². The summed E-state index contributed by atoms with van der Waals surface area (Å²) in [6.45, 7) is 14.7. The molecule has 0 saturated carbocycles. The maximum Gasteiger partial charge on any atom is 0.00672 e. The Balaban J connectivity index is 1.89. The average molecular weight is 395 g/mol. The highest BCUT2D eigenvalue weighted by Crippen LogP contribution is 2.15. The monoisotopic (exact) mass is 394 g/mol. The van der Waals surface area contributed by atoms with Gasteiger partial charge in [-0.15, -0.1) is 0 Å². The molecule has 1 aliphatic rings. The molecule has 0 unspecified atom stereocenters. The van der Waals surface area contributed by atoms with E-state index in [4.69, 9.17) is 0 Å². The van der Waals surface area contributed by atoms with Crippen LogP contribution in [0.15, 0.2) is 0 Å². The third-order valence-corrected chi connectivity index (χ3v) is 6.47. The number of rotatable bonds is 18. The van der Waals surface area contributed by atoms with E-state index < -0.39 is 0 Å². The lowest BCUT2D eigenvalue weighted by atomic mass is 9.96. The standard InChI is InChI=1S/C26H54N2/c1-24(2)16-18-26(19-17-25(3)4)27-20-12-9-7-5-6-8-10-13-21-28-22-14-11-15-23-28/h24-27H,5-23H2,1-4H3. The highest BCUT2D eigenvalue weighted by atomic mass is 15.1. The zero-order chi connectivity index (χ0) is 20.5. The van der Waals surface area contributed by atoms with Crippen LogP contribution in [-0.4, -0.2) is 37.1 Å². The van der Waals surface area contributed by atoms with Gasteiger partial charge in [0.15, 0.2) is 0 Å². The van der Waals surface area contributed by atoms with Crippen LogP contribution < -0.4 is 5.32 Å². The second-order valence-corrected chi connectivity index (χ2v) is 10.3. The first kappa shape index (κ1) is 26.0. The van der Waals surface area contributed by atoms with Crippen molar-refractivity contribution in [1.29, 1.82) is 0 Å². The minimum Gasteiger partial charge on any atom is -0.314 e. The molecule has 0 bridgehead atoms. The number of nitrogens with zero attached hydrogens (tertiary/aromatic N) is 1. The number of nitrogens with one attached hydrogen (secondary N) is 1. The smallest absolute Gasteiger partial charge is 0.00672 e. The molecule has 0 atom stereocenters. The molecular formula is C26H54N2. The van der Waals surface area contributed by atoms with Gasteiger partial charge in [0.2, 0.25) is 0 Å². The van der Waals surface area contributed by atoms with Crippen molar-refractivity contribution in [2.24, 2.45) is 11.8 Å². The molecule has 28 heavy (non-hydrogen) atoms. The van der Waals surface area contributed by atoms with Crippen molar-refractivity contribution < 1.29 is 0 Å². The highest BCUT2D eigenvalue weighted by molar-refractivity contribution is 4.69. The number of unbranched alkanes of at least 4 members (excludes halogenated alkanes) is 7. The van der Waals surface area contributed by atoms with Gasteiger partial charge >= 0.3 is 0 Å². The molecular weight excluding hydrogens is 340 g/mol. The molecule has 0 aromatic carbocycles. The van der Waals surface area contributed by atoms with E-state index in [-0.39, 0.29) is 0 Å². The average Bonchev–Trinajstić information content (AvgIpc) is 2.68. The van der Waals surface area contributed by atoms with Crippen LogP contribution >= 0.6 is 0 Å². The van der Waals surface area contributed by atoms with Crippen LogP contribution in [0.25, 0.3) is 0 Å². The van der Waals surface area contributed by atoms with Crippen molar-refractivity contribution in [2.45, 2.75) is 130 Å². The zero-order valence-electron chi connectivity index (χ0n) is 20.1. The number of likely N-dealkylation sites (tertiary alicyclic amines) is 1. The van der Waals surface area contributed by atoms with E-state index in [0.29, 0.717) is 0 Å². The third kappa shape index (κ3) is 15.8. The highest BCUT2D eigenvalue weighted by Gasteiger charge is 2.10. The minimum atomic E-state index is 0.754. The van der Waals surface area contributed by atoms with Gasteiger partial charge in [-0.25, -0.2) is 0 Å². The molecule has 0 aliphatic carbocycles. The Morgan fingerprint density at radius 1 is 0.607 bits per heavy atom. The molecule has 0 spiro atoms. The van der Waals surface area contributed by atoms with Gasteiger partial charge in [0.1, 0.15) is 0 Å². The fourth-order valence-corrected chi connectivity index (χ4v) is 4.43. The van der Waals surface area contributed by atoms with Gasteiger partial charge in [-0.3, -0.25) is 0 Å². The maximum atomic E-state index is 3.88. The molecule has 1 heterocycles. The van der Waals surface area contributed by atoms with Gasteiger partial charge < -0.3 is 10.2 Å². The Kier molecular flexibility index (Phi) is 16.5. The van der Waals surface area contributed by atoms with Crippen LogP contribution in [0.1, 0.15) is 124 Å². The summed E-state index contributed by atoms with van der Waals surface area (Å²) in [5.74, 6) is 1.67. The predicted octanol–water partition coefficient (Wildman–Crippen LogP) is 7.42. The first-order chi connectivity index (χ1) is 13.6.